The average molecular weight is 308 g/mol. The lowest BCUT2D eigenvalue weighted by molar-refractivity contribution is 0.378. The van der Waals surface area contributed by atoms with Crippen LogP contribution in [0.5, 0.6) is 0 Å². The monoisotopic (exact) mass is 308 g/mol. The van der Waals surface area contributed by atoms with Gasteiger partial charge in [-0.15, -0.1) is 10.2 Å². The predicted octanol–water partition coefficient (Wildman–Crippen LogP) is 1.52. The van der Waals surface area contributed by atoms with E-state index in [1.165, 1.54) is 12.8 Å². The Balaban J connectivity index is 1.64. The maximum Gasteiger partial charge on any atom is 0.226 e. The van der Waals surface area contributed by atoms with Crippen LogP contribution in [0.3, 0.4) is 0 Å². The van der Waals surface area contributed by atoms with Gasteiger partial charge in [-0.05, 0) is 19.4 Å². The fourth-order valence-corrected chi connectivity index (χ4v) is 3.26. The number of aryl methyl sites for hydroxylation is 1. The van der Waals surface area contributed by atoms with Gasteiger partial charge in [-0.1, -0.05) is 23.8 Å². The summed E-state index contributed by atoms with van der Waals surface area (Å²) >= 11 is 1.59. The molecule has 0 aliphatic carbocycles. The van der Waals surface area contributed by atoms with Gasteiger partial charge in [0, 0.05) is 25.9 Å². The molecule has 2 aromatic heterocycles. The van der Waals surface area contributed by atoms with E-state index < -0.39 is 0 Å². The van der Waals surface area contributed by atoms with Crippen molar-refractivity contribution >= 4 is 11.8 Å². The van der Waals surface area contributed by atoms with Crippen molar-refractivity contribution in [1.82, 2.24) is 30.2 Å². The quantitative estimate of drug-likeness (QED) is 0.839. The van der Waals surface area contributed by atoms with E-state index in [2.05, 4.69) is 30.2 Å². The van der Waals surface area contributed by atoms with Crippen LogP contribution >= 0.6 is 11.8 Å². The molecule has 1 fully saturated rings. The van der Waals surface area contributed by atoms with Crippen molar-refractivity contribution in [2.45, 2.75) is 43.0 Å². The van der Waals surface area contributed by atoms with E-state index in [0.29, 0.717) is 23.4 Å². The molecule has 3 heterocycles. The highest BCUT2D eigenvalue weighted by atomic mass is 32.2. The molecule has 2 aromatic rings. The first kappa shape index (κ1) is 14.5. The van der Waals surface area contributed by atoms with Crippen LogP contribution in [0.2, 0.25) is 0 Å². The van der Waals surface area contributed by atoms with E-state index in [4.69, 9.17) is 4.52 Å². The van der Waals surface area contributed by atoms with Gasteiger partial charge in [0.25, 0.3) is 0 Å². The molecule has 3 rings (SSSR count). The van der Waals surface area contributed by atoms with Crippen LogP contribution < -0.4 is 5.32 Å². The lowest BCUT2D eigenvalue weighted by Gasteiger charge is -2.21. The average Bonchev–Trinajstić information content (AvgIpc) is 3.13. The lowest BCUT2D eigenvalue weighted by Crippen LogP contribution is -2.29. The summed E-state index contributed by atoms with van der Waals surface area (Å²) in [5.41, 5.74) is 0. The minimum atomic E-state index is 0.461. The number of nitrogens with zero attached hydrogens (tertiary/aromatic N) is 5. The maximum atomic E-state index is 5.11. The summed E-state index contributed by atoms with van der Waals surface area (Å²) in [6.07, 6.45) is 3.14. The summed E-state index contributed by atoms with van der Waals surface area (Å²) in [4.78, 5) is 4.30. The van der Waals surface area contributed by atoms with Gasteiger partial charge < -0.3 is 14.4 Å². The first-order valence-electron chi connectivity index (χ1n) is 7.32. The normalized spacial score (nSPS) is 19.0. The zero-order valence-electron chi connectivity index (χ0n) is 12.4. The van der Waals surface area contributed by atoms with Crippen LogP contribution in [0.1, 0.15) is 43.2 Å². The Bertz CT molecular complexity index is 589. The number of aromatic nitrogens is 5. The molecule has 0 unspecified atom stereocenters. The smallest absolute Gasteiger partial charge is 0.226 e. The highest BCUT2D eigenvalue weighted by Crippen LogP contribution is 2.26. The molecule has 1 aliphatic rings. The molecule has 0 radical (unpaired) electrons. The first-order valence-corrected chi connectivity index (χ1v) is 8.30. The third kappa shape index (κ3) is 3.26. The lowest BCUT2D eigenvalue weighted by atomic mass is 9.99. The molecule has 7 nitrogen and oxygen atoms in total. The molecular formula is C13H20N6OS. The van der Waals surface area contributed by atoms with E-state index in [-0.39, 0.29) is 0 Å². The van der Waals surface area contributed by atoms with Crippen molar-refractivity contribution in [2.24, 2.45) is 7.05 Å². The molecule has 21 heavy (non-hydrogen) atoms. The van der Waals surface area contributed by atoms with Crippen molar-refractivity contribution in [3.05, 3.63) is 17.5 Å². The van der Waals surface area contributed by atoms with Crippen LogP contribution in [0.25, 0.3) is 0 Å². The van der Waals surface area contributed by atoms with E-state index in [0.717, 1.165) is 30.5 Å². The number of hydrogen-bond donors (Lipinski definition) is 1. The van der Waals surface area contributed by atoms with Gasteiger partial charge in [-0.25, -0.2) is 0 Å². The second-order valence-electron chi connectivity index (χ2n) is 5.19. The molecule has 0 saturated carbocycles. The van der Waals surface area contributed by atoms with Gasteiger partial charge >= 0.3 is 0 Å². The topological polar surface area (TPSA) is 81.7 Å². The number of rotatable bonds is 5. The Morgan fingerprint density at radius 1 is 1.43 bits per heavy atom. The van der Waals surface area contributed by atoms with Crippen LogP contribution in [-0.2, 0) is 19.2 Å². The Morgan fingerprint density at radius 3 is 3.05 bits per heavy atom. The Hall–Kier alpha value is -1.41. The standard InChI is InChI=1S/C13H20N6OS/c1-3-11-15-10(18-20-11)8-21-13-17-16-12(19(13)2)9-5-4-6-14-7-9/h9,14H,3-8H2,1-2H3/t9-/m0/s1. The Kier molecular flexibility index (Phi) is 4.54. The van der Waals surface area contributed by atoms with E-state index >= 15 is 0 Å². The summed E-state index contributed by atoms with van der Waals surface area (Å²) in [6.45, 7) is 4.09. The van der Waals surface area contributed by atoms with Crippen LogP contribution in [0.4, 0.5) is 0 Å². The van der Waals surface area contributed by atoms with Gasteiger partial charge in [0.05, 0.1) is 5.75 Å². The van der Waals surface area contributed by atoms with E-state index in [9.17, 15) is 0 Å². The molecule has 1 aliphatic heterocycles. The highest BCUT2D eigenvalue weighted by Gasteiger charge is 2.21. The van der Waals surface area contributed by atoms with Crippen molar-refractivity contribution in [3.8, 4) is 0 Å². The summed E-state index contributed by atoms with van der Waals surface area (Å²) in [5.74, 6) is 3.56. The second-order valence-corrected chi connectivity index (χ2v) is 6.13. The molecule has 1 N–H and O–H groups in total. The molecule has 0 bridgehead atoms. The third-order valence-corrected chi connectivity index (χ3v) is 4.69. The van der Waals surface area contributed by atoms with Crippen molar-refractivity contribution < 1.29 is 4.52 Å². The number of piperidine rings is 1. The zero-order chi connectivity index (χ0) is 14.7. The first-order chi connectivity index (χ1) is 10.3. The third-order valence-electron chi connectivity index (χ3n) is 3.67. The summed E-state index contributed by atoms with van der Waals surface area (Å²) in [6, 6.07) is 0. The molecule has 0 spiro atoms. The molecule has 1 saturated heterocycles. The van der Waals surface area contributed by atoms with Crippen LogP contribution in [0.15, 0.2) is 9.68 Å². The van der Waals surface area contributed by atoms with Crippen molar-refractivity contribution in [1.29, 1.82) is 0 Å². The Morgan fingerprint density at radius 2 is 2.33 bits per heavy atom. The largest absolute Gasteiger partial charge is 0.339 e. The molecule has 0 aromatic carbocycles. The summed E-state index contributed by atoms with van der Waals surface area (Å²) in [7, 11) is 2.03. The van der Waals surface area contributed by atoms with E-state index in [1.807, 2.05) is 14.0 Å². The van der Waals surface area contributed by atoms with Crippen molar-refractivity contribution in [3.63, 3.8) is 0 Å². The summed E-state index contributed by atoms with van der Waals surface area (Å²) in [5, 5.41) is 16.9. The molecule has 8 heteroatoms. The molecule has 114 valence electrons. The SMILES string of the molecule is CCc1nc(CSc2nnc([C@H]3CCCNC3)n2C)no1. The van der Waals surface area contributed by atoms with Gasteiger partial charge in [0.15, 0.2) is 11.0 Å². The van der Waals surface area contributed by atoms with Crippen LogP contribution in [-0.4, -0.2) is 38.0 Å². The van der Waals surface area contributed by atoms with Crippen molar-refractivity contribution in [2.75, 3.05) is 13.1 Å². The van der Waals surface area contributed by atoms with Gasteiger partial charge in [-0.2, -0.15) is 4.98 Å². The number of thioether (sulfide) groups is 1. The molecular weight excluding hydrogens is 288 g/mol. The fraction of sp³-hybridized carbons (Fsp3) is 0.692. The maximum absolute atomic E-state index is 5.11. The van der Waals surface area contributed by atoms with Gasteiger partial charge in [-0.3, -0.25) is 0 Å². The predicted molar refractivity (Wildman–Crippen MR) is 79.1 cm³/mol. The number of nitrogens with one attached hydrogen (secondary N) is 1. The number of hydrogen-bond acceptors (Lipinski definition) is 7. The Labute approximate surface area is 127 Å². The second kappa shape index (κ2) is 6.57. The van der Waals surface area contributed by atoms with Gasteiger partial charge in [0.2, 0.25) is 5.89 Å². The summed E-state index contributed by atoms with van der Waals surface area (Å²) < 4.78 is 7.19. The fourth-order valence-electron chi connectivity index (χ4n) is 2.50. The van der Waals surface area contributed by atoms with Crippen LogP contribution in [0, 0.1) is 0 Å². The molecule has 1 atom stereocenters. The minimum Gasteiger partial charge on any atom is -0.339 e. The van der Waals surface area contributed by atoms with E-state index in [1.54, 1.807) is 11.8 Å². The highest BCUT2D eigenvalue weighted by molar-refractivity contribution is 7.98. The van der Waals surface area contributed by atoms with Gasteiger partial charge in [0.1, 0.15) is 5.82 Å². The zero-order valence-corrected chi connectivity index (χ0v) is 13.2. The molecule has 0 amide bonds. The minimum absolute atomic E-state index is 0.461.